The zero-order chi connectivity index (χ0) is 11.5. The smallest absolute Gasteiger partial charge is 0.0424 e. The fraction of sp³-hybridized carbons (Fsp3) is 0.538. The third-order valence-electron chi connectivity index (χ3n) is 3.31. The quantitative estimate of drug-likeness (QED) is 0.752. The average molecular weight is 258 g/mol. The first-order chi connectivity index (χ1) is 7.66. The minimum absolute atomic E-state index is 0.413. The third-order valence-corrected chi connectivity index (χ3v) is 3.74. The molecule has 1 aromatic rings. The van der Waals surface area contributed by atoms with E-state index in [1.165, 1.54) is 37.9 Å². The van der Waals surface area contributed by atoms with E-state index in [1.54, 1.807) is 6.07 Å². The minimum Gasteiger partial charge on any atom is -0.297 e. The summed E-state index contributed by atoms with van der Waals surface area (Å²) >= 11 is 12.1. The predicted molar refractivity (Wildman–Crippen MR) is 70.3 cm³/mol. The number of likely N-dealkylation sites (tertiary alicyclic amines) is 1. The van der Waals surface area contributed by atoms with Gasteiger partial charge >= 0.3 is 0 Å². The number of piperidine rings is 1. The van der Waals surface area contributed by atoms with Gasteiger partial charge in [-0.05, 0) is 56.6 Å². The lowest BCUT2D eigenvalue weighted by molar-refractivity contribution is 0.175. The Morgan fingerprint density at radius 1 is 1.00 bits per heavy atom. The van der Waals surface area contributed by atoms with Crippen molar-refractivity contribution in [3.63, 3.8) is 0 Å². The molecule has 0 unspecified atom stereocenters. The molecule has 0 aromatic heterocycles. The second-order valence-electron chi connectivity index (χ2n) is 4.48. The van der Waals surface area contributed by atoms with Crippen LogP contribution in [0.3, 0.4) is 0 Å². The van der Waals surface area contributed by atoms with Crippen molar-refractivity contribution < 1.29 is 0 Å². The molecule has 16 heavy (non-hydrogen) atoms. The van der Waals surface area contributed by atoms with Gasteiger partial charge in [-0.15, -0.1) is 0 Å². The van der Waals surface area contributed by atoms with Crippen molar-refractivity contribution in [2.75, 3.05) is 13.1 Å². The highest BCUT2D eigenvalue weighted by molar-refractivity contribution is 6.34. The van der Waals surface area contributed by atoms with E-state index in [-0.39, 0.29) is 0 Å². The van der Waals surface area contributed by atoms with Gasteiger partial charge in [0.25, 0.3) is 0 Å². The number of hydrogen-bond donors (Lipinski definition) is 0. The van der Waals surface area contributed by atoms with Gasteiger partial charge in [0.2, 0.25) is 0 Å². The molecule has 3 heteroatoms. The summed E-state index contributed by atoms with van der Waals surface area (Å²) in [5, 5.41) is 1.46. The van der Waals surface area contributed by atoms with Crippen molar-refractivity contribution in [1.82, 2.24) is 4.90 Å². The van der Waals surface area contributed by atoms with Crippen LogP contribution in [0.5, 0.6) is 0 Å². The number of benzene rings is 1. The van der Waals surface area contributed by atoms with E-state index in [0.717, 1.165) is 10.0 Å². The molecule has 0 spiro atoms. The first-order valence-electron chi connectivity index (χ1n) is 5.87. The maximum atomic E-state index is 6.03. The van der Waals surface area contributed by atoms with E-state index < -0.39 is 0 Å². The standard InChI is InChI=1S/C13H17Cl2N/c1-10(16-5-3-2-4-6-16)11-7-12(14)9-13(15)8-11/h7-10H,2-6H2,1H3/t10-/m0/s1. The summed E-state index contributed by atoms with van der Waals surface area (Å²) in [4.78, 5) is 2.51. The van der Waals surface area contributed by atoms with Crippen LogP contribution in [0, 0.1) is 0 Å². The average Bonchev–Trinajstić information content (AvgIpc) is 2.28. The maximum Gasteiger partial charge on any atom is 0.0424 e. The Balaban J connectivity index is 2.15. The summed E-state index contributed by atoms with van der Waals surface area (Å²) < 4.78 is 0. The van der Waals surface area contributed by atoms with E-state index in [1.807, 2.05) is 12.1 Å². The van der Waals surface area contributed by atoms with Crippen LogP contribution < -0.4 is 0 Å². The predicted octanol–water partition coefficient (Wildman–Crippen LogP) is 4.54. The Morgan fingerprint density at radius 3 is 2.12 bits per heavy atom. The highest BCUT2D eigenvalue weighted by atomic mass is 35.5. The van der Waals surface area contributed by atoms with Gasteiger partial charge in [-0.3, -0.25) is 4.90 Å². The Labute approximate surface area is 107 Å². The number of hydrogen-bond acceptors (Lipinski definition) is 1. The molecule has 1 nitrogen and oxygen atoms in total. The van der Waals surface area contributed by atoms with Gasteiger partial charge in [-0.1, -0.05) is 29.6 Å². The largest absolute Gasteiger partial charge is 0.297 e. The molecule has 1 atom stereocenters. The SMILES string of the molecule is C[C@@H](c1cc(Cl)cc(Cl)c1)N1CCCCC1. The van der Waals surface area contributed by atoms with E-state index in [4.69, 9.17) is 23.2 Å². The van der Waals surface area contributed by atoms with E-state index in [2.05, 4.69) is 11.8 Å². The van der Waals surface area contributed by atoms with Gasteiger partial charge in [0.15, 0.2) is 0 Å². The lowest BCUT2D eigenvalue weighted by atomic mass is 10.0. The van der Waals surface area contributed by atoms with Crippen LogP contribution >= 0.6 is 23.2 Å². The third kappa shape index (κ3) is 2.91. The van der Waals surface area contributed by atoms with Crippen molar-refractivity contribution in [3.05, 3.63) is 33.8 Å². The fourth-order valence-corrected chi connectivity index (χ4v) is 2.88. The van der Waals surface area contributed by atoms with Crippen molar-refractivity contribution in [3.8, 4) is 0 Å². The first-order valence-corrected chi connectivity index (χ1v) is 6.62. The van der Waals surface area contributed by atoms with E-state index in [9.17, 15) is 0 Å². The van der Waals surface area contributed by atoms with Crippen molar-refractivity contribution in [1.29, 1.82) is 0 Å². The molecule has 1 aromatic carbocycles. The Morgan fingerprint density at radius 2 is 1.56 bits per heavy atom. The minimum atomic E-state index is 0.413. The summed E-state index contributed by atoms with van der Waals surface area (Å²) in [5.74, 6) is 0. The number of rotatable bonds is 2. The second kappa shape index (κ2) is 5.39. The lowest BCUT2D eigenvalue weighted by Crippen LogP contribution is -2.32. The number of halogens is 2. The van der Waals surface area contributed by atoms with Crippen LogP contribution in [0.4, 0.5) is 0 Å². The highest BCUT2D eigenvalue weighted by Gasteiger charge is 2.18. The molecule has 88 valence electrons. The summed E-state index contributed by atoms with van der Waals surface area (Å²) in [6.45, 7) is 4.60. The van der Waals surface area contributed by atoms with Crippen LogP contribution in [0.25, 0.3) is 0 Å². The summed E-state index contributed by atoms with van der Waals surface area (Å²) in [6, 6.07) is 6.24. The molecule has 1 aliphatic heterocycles. The molecular formula is C13H17Cl2N. The molecule has 1 aliphatic rings. The Bertz CT molecular complexity index is 339. The van der Waals surface area contributed by atoms with Crippen LogP contribution in [0.2, 0.25) is 10.0 Å². The molecule has 0 saturated carbocycles. The molecular weight excluding hydrogens is 241 g/mol. The molecule has 0 radical (unpaired) electrons. The molecule has 0 aliphatic carbocycles. The normalized spacial score (nSPS) is 19.7. The lowest BCUT2D eigenvalue weighted by Gasteiger charge is -2.32. The van der Waals surface area contributed by atoms with Crippen LogP contribution in [0.1, 0.15) is 37.8 Å². The van der Waals surface area contributed by atoms with Crippen LogP contribution in [-0.4, -0.2) is 18.0 Å². The van der Waals surface area contributed by atoms with Gasteiger partial charge in [-0.2, -0.15) is 0 Å². The van der Waals surface area contributed by atoms with Gasteiger partial charge < -0.3 is 0 Å². The molecule has 0 bridgehead atoms. The fourth-order valence-electron chi connectivity index (χ4n) is 2.33. The summed E-state index contributed by atoms with van der Waals surface area (Å²) in [7, 11) is 0. The van der Waals surface area contributed by atoms with Gasteiger partial charge in [-0.25, -0.2) is 0 Å². The van der Waals surface area contributed by atoms with E-state index >= 15 is 0 Å². The zero-order valence-corrected chi connectivity index (χ0v) is 11.1. The Hall–Kier alpha value is -0.240. The second-order valence-corrected chi connectivity index (χ2v) is 5.35. The number of nitrogens with zero attached hydrogens (tertiary/aromatic N) is 1. The van der Waals surface area contributed by atoms with Gasteiger partial charge in [0.1, 0.15) is 0 Å². The molecule has 2 rings (SSSR count). The van der Waals surface area contributed by atoms with Gasteiger partial charge in [0, 0.05) is 16.1 Å². The highest BCUT2D eigenvalue weighted by Crippen LogP contribution is 2.28. The topological polar surface area (TPSA) is 3.24 Å². The monoisotopic (exact) mass is 257 g/mol. The van der Waals surface area contributed by atoms with Crippen molar-refractivity contribution in [2.24, 2.45) is 0 Å². The van der Waals surface area contributed by atoms with Crippen LogP contribution in [0.15, 0.2) is 18.2 Å². The van der Waals surface area contributed by atoms with Crippen molar-refractivity contribution in [2.45, 2.75) is 32.2 Å². The Kier molecular flexibility index (Phi) is 4.12. The summed E-state index contributed by atoms with van der Waals surface area (Å²) in [5.41, 5.74) is 1.22. The molecule has 1 saturated heterocycles. The molecule has 0 amide bonds. The van der Waals surface area contributed by atoms with Crippen LogP contribution in [-0.2, 0) is 0 Å². The molecule has 1 fully saturated rings. The van der Waals surface area contributed by atoms with Gasteiger partial charge in [0.05, 0.1) is 0 Å². The first kappa shape index (κ1) is 12.2. The molecule has 0 N–H and O–H groups in total. The molecule has 1 heterocycles. The van der Waals surface area contributed by atoms with Crippen molar-refractivity contribution >= 4 is 23.2 Å². The zero-order valence-electron chi connectivity index (χ0n) is 9.55. The summed E-state index contributed by atoms with van der Waals surface area (Å²) in [6.07, 6.45) is 3.97. The van der Waals surface area contributed by atoms with E-state index in [0.29, 0.717) is 6.04 Å². The maximum absolute atomic E-state index is 6.03.